The number of fused-ring (bicyclic) bond motifs is 1. The summed E-state index contributed by atoms with van der Waals surface area (Å²) in [5.74, 6) is -3.17. The minimum atomic E-state index is -1.23. The quantitative estimate of drug-likeness (QED) is 0.233. The molecule has 10 heteroatoms. The average molecular weight is 601 g/mol. The Morgan fingerprint density at radius 3 is 2.36 bits per heavy atom. The Bertz CT molecular complexity index is 1480. The molecular formula is C34H40N4O6. The van der Waals surface area contributed by atoms with Crippen LogP contribution in [0, 0.1) is 11.8 Å². The van der Waals surface area contributed by atoms with E-state index in [1.165, 1.54) is 6.26 Å². The number of nitrogens with one attached hydrogen (secondary N) is 4. The number of hydrogen-bond donors (Lipinski definition) is 4. The molecule has 0 radical (unpaired) electrons. The maximum absolute atomic E-state index is 13.9. The summed E-state index contributed by atoms with van der Waals surface area (Å²) in [5.41, 5.74) is 1.70. The van der Waals surface area contributed by atoms with Crippen LogP contribution in [0.5, 0.6) is 0 Å². The topological polar surface area (TPSA) is 147 Å². The predicted octanol–water partition coefficient (Wildman–Crippen LogP) is 3.79. The fourth-order valence-corrected chi connectivity index (χ4v) is 6.25. The monoisotopic (exact) mass is 600 g/mol. The Hall–Kier alpha value is -4.47. The predicted molar refractivity (Wildman–Crippen MR) is 164 cm³/mol. The number of piperidine rings is 1. The van der Waals surface area contributed by atoms with Crippen molar-refractivity contribution in [1.82, 2.24) is 21.3 Å². The van der Waals surface area contributed by atoms with E-state index in [1.807, 2.05) is 36.4 Å². The summed E-state index contributed by atoms with van der Waals surface area (Å²) in [7, 11) is 0. The van der Waals surface area contributed by atoms with E-state index in [0.29, 0.717) is 35.9 Å². The molecule has 1 aliphatic carbocycles. The summed E-state index contributed by atoms with van der Waals surface area (Å²) in [5, 5.41) is 11.7. The molecule has 1 saturated heterocycles. The van der Waals surface area contributed by atoms with E-state index >= 15 is 0 Å². The summed E-state index contributed by atoms with van der Waals surface area (Å²) < 4.78 is 5.55. The number of para-hydroxylation sites is 1. The van der Waals surface area contributed by atoms with E-state index < -0.39 is 41.5 Å². The van der Waals surface area contributed by atoms with Crippen molar-refractivity contribution in [2.45, 2.75) is 76.4 Å². The van der Waals surface area contributed by atoms with E-state index in [0.717, 1.165) is 44.1 Å². The maximum atomic E-state index is 13.9. The molecule has 1 saturated carbocycles. The second kappa shape index (κ2) is 14.8. The van der Waals surface area contributed by atoms with Crippen molar-refractivity contribution in [3.05, 3.63) is 72.0 Å². The number of furan rings is 1. The first kappa shape index (κ1) is 31.0. The zero-order valence-electron chi connectivity index (χ0n) is 24.8. The molecule has 0 spiro atoms. The van der Waals surface area contributed by atoms with E-state index in [9.17, 15) is 24.0 Å². The first-order valence-corrected chi connectivity index (χ1v) is 15.6. The van der Waals surface area contributed by atoms with Crippen molar-refractivity contribution >= 4 is 40.4 Å². The number of rotatable bonds is 12. The number of amides is 4. The van der Waals surface area contributed by atoms with Gasteiger partial charge in [-0.25, -0.2) is 0 Å². The van der Waals surface area contributed by atoms with Gasteiger partial charge in [-0.05, 0) is 43.2 Å². The molecule has 2 aliphatic rings. The van der Waals surface area contributed by atoms with Gasteiger partial charge in [0.25, 0.3) is 11.8 Å². The third kappa shape index (κ3) is 7.92. The van der Waals surface area contributed by atoms with Crippen LogP contribution >= 0.6 is 0 Å². The Balaban J connectivity index is 1.34. The van der Waals surface area contributed by atoms with E-state index in [2.05, 4.69) is 21.3 Å². The number of hydrogen-bond acceptors (Lipinski definition) is 6. The lowest BCUT2D eigenvalue weighted by atomic mass is 9.84. The number of carbonyl (C=O) groups excluding carboxylic acids is 5. The van der Waals surface area contributed by atoms with Crippen LogP contribution < -0.4 is 21.3 Å². The van der Waals surface area contributed by atoms with Gasteiger partial charge in [-0.2, -0.15) is 0 Å². The minimum Gasteiger partial charge on any atom is -0.463 e. The highest BCUT2D eigenvalue weighted by Gasteiger charge is 2.35. The van der Waals surface area contributed by atoms with Crippen molar-refractivity contribution < 1.29 is 28.4 Å². The van der Waals surface area contributed by atoms with E-state index in [-0.39, 0.29) is 24.8 Å². The number of carbonyl (C=O) groups is 5. The van der Waals surface area contributed by atoms with Gasteiger partial charge < -0.3 is 25.7 Å². The molecule has 2 aromatic carbocycles. The van der Waals surface area contributed by atoms with Crippen LogP contribution in [0.3, 0.4) is 0 Å². The molecule has 2 heterocycles. The van der Waals surface area contributed by atoms with Crippen LogP contribution in [0.15, 0.2) is 65.3 Å². The van der Waals surface area contributed by atoms with Gasteiger partial charge in [0.2, 0.25) is 17.6 Å². The number of benzene rings is 2. The lowest BCUT2D eigenvalue weighted by Crippen LogP contribution is -2.55. The minimum absolute atomic E-state index is 0.00831. The summed E-state index contributed by atoms with van der Waals surface area (Å²) in [6.45, 7) is 0.699. The Labute approximate surface area is 256 Å². The highest BCUT2D eigenvalue weighted by atomic mass is 16.3. The zero-order valence-corrected chi connectivity index (χ0v) is 24.8. The molecule has 4 N–H and O–H groups in total. The van der Waals surface area contributed by atoms with Gasteiger partial charge in [-0.15, -0.1) is 0 Å². The van der Waals surface area contributed by atoms with Gasteiger partial charge in [0.05, 0.1) is 11.6 Å². The molecule has 0 bridgehead atoms. The molecule has 1 aliphatic heterocycles. The normalized spacial score (nSPS) is 18.5. The van der Waals surface area contributed by atoms with E-state index in [4.69, 9.17) is 4.42 Å². The lowest BCUT2D eigenvalue weighted by molar-refractivity contribution is -0.141. The highest BCUT2D eigenvalue weighted by Crippen LogP contribution is 2.28. The van der Waals surface area contributed by atoms with Gasteiger partial charge in [-0.3, -0.25) is 24.0 Å². The van der Waals surface area contributed by atoms with Crippen LogP contribution in [0.2, 0.25) is 0 Å². The van der Waals surface area contributed by atoms with Crippen LogP contribution in [-0.2, 0) is 25.7 Å². The molecule has 1 aromatic heterocycles. The van der Waals surface area contributed by atoms with Gasteiger partial charge in [-0.1, -0.05) is 80.6 Å². The van der Waals surface area contributed by atoms with Crippen molar-refractivity contribution in [1.29, 1.82) is 0 Å². The Morgan fingerprint density at radius 2 is 1.59 bits per heavy atom. The highest BCUT2D eigenvalue weighted by molar-refractivity contribution is 6.38. The SMILES string of the molecule is O=C(NCc1ccccc1)C(=O)[C@H](C[C@@H]1CCCNC1=O)NC(=O)[C@H](CC1CCCCC1)NC(=O)c1coc2ccccc12. The summed E-state index contributed by atoms with van der Waals surface area (Å²) in [6.07, 6.45) is 8.19. The smallest absolute Gasteiger partial charge is 0.289 e. The molecule has 0 unspecified atom stereocenters. The molecule has 3 atom stereocenters. The van der Waals surface area contributed by atoms with Crippen molar-refractivity contribution in [3.63, 3.8) is 0 Å². The molecule has 3 aromatic rings. The Morgan fingerprint density at radius 1 is 0.841 bits per heavy atom. The first-order valence-electron chi connectivity index (χ1n) is 15.6. The standard InChI is InChI=1S/C34H40N4O6/c39-30(34(43)36-20-23-12-5-2-6-13-23)27(19-24-14-9-17-35-31(24)40)37-33(42)28(18-22-10-3-1-4-11-22)38-32(41)26-21-44-29-16-8-7-15-25(26)29/h2,5-8,12-13,15-16,21-22,24,27-28H,1,3-4,9-11,14,17-20H2,(H,35,40)(H,36,43)(H,37,42)(H,38,41)/t24-,27-,28-/m0/s1. The summed E-state index contributed by atoms with van der Waals surface area (Å²) in [4.78, 5) is 66.4. The van der Waals surface area contributed by atoms with Crippen LogP contribution in [0.25, 0.3) is 11.0 Å². The van der Waals surface area contributed by atoms with Gasteiger partial charge in [0.1, 0.15) is 17.9 Å². The molecule has 5 rings (SSSR count). The maximum Gasteiger partial charge on any atom is 0.289 e. The summed E-state index contributed by atoms with van der Waals surface area (Å²) >= 11 is 0. The van der Waals surface area contributed by atoms with Gasteiger partial charge in [0.15, 0.2) is 0 Å². The molecular weight excluding hydrogens is 560 g/mol. The largest absolute Gasteiger partial charge is 0.463 e. The van der Waals surface area contributed by atoms with Crippen molar-refractivity contribution in [2.24, 2.45) is 11.8 Å². The summed E-state index contributed by atoms with van der Waals surface area (Å²) in [6, 6.07) is 14.2. The van der Waals surface area contributed by atoms with Gasteiger partial charge in [0, 0.05) is 24.4 Å². The first-order chi connectivity index (χ1) is 21.4. The third-order valence-electron chi connectivity index (χ3n) is 8.71. The van der Waals surface area contributed by atoms with Crippen molar-refractivity contribution in [3.8, 4) is 0 Å². The van der Waals surface area contributed by atoms with E-state index in [1.54, 1.807) is 18.2 Å². The molecule has 44 heavy (non-hydrogen) atoms. The second-order valence-electron chi connectivity index (χ2n) is 11.9. The lowest BCUT2D eigenvalue weighted by Gasteiger charge is -2.29. The molecule has 4 amide bonds. The Kier molecular flexibility index (Phi) is 10.4. The number of ketones is 1. The number of Topliss-reactive ketones (excluding diaryl/α,β-unsaturated/α-hetero) is 1. The average Bonchev–Trinajstić information content (AvgIpc) is 3.49. The van der Waals surface area contributed by atoms with Crippen molar-refractivity contribution in [2.75, 3.05) is 6.54 Å². The second-order valence-corrected chi connectivity index (χ2v) is 11.9. The third-order valence-corrected chi connectivity index (χ3v) is 8.71. The fourth-order valence-electron chi connectivity index (χ4n) is 6.25. The molecule has 10 nitrogen and oxygen atoms in total. The van der Waals surface area contributed by atoms with Crippen LogP contribution in [0.4, 0.5) is 0 Å². The molecule has 232 valence electrons. The van der Waals surface area contributed by atoms with Crippen LogP contribution in [-0.4, -0.2) is 48.0 Å². The zero-order chi connectivity index (χ0) is 30.9. The van der Waals surface area contributed by atoms with Gasteiger partial charge >= 0.3 is 0 Å². The molecule has 2 fully saturated rings. The fraction of sp³-hybridized carbons (Fsp3) is 0.441. The van der Waals surface area contributed by atoms with Crippen LogP contribution in [0.1, 0.15) is 73.7 Å².